The maximum Gasteiger partial charge on any atom is 0.191 e. The van der Waals surface area contributed by atoms with Crippen molar-refractivity contribution in [1.29, 1.82) is 0 Å². The van der Waals surface area contributed by atoms with Crippen molar-refractivity contribution < 1.29 is 14.6 Å². The number of nitrogens with zero attached hydrogens (tertiary/aromatic N) is 1. The van der Waals surface area contributed by atoms with Crippen LogP contribution in [0.5, 0.6) is 5.75 Å². The lowest BCUT2D eigenvalue weighted by atomic mass is 10.0. The van der Waals surface area contributed by atoms with Gasteiger partial charge in [0, 0.05) is 19.7 Å². The lowest BCUT2D eigenvalue weighted by Crippen LogP contribution is -2.39. The fraction of sp³-hybridized carbons (Fsp3) is 0.650. The maximum absolute atomic E-state index is 10.4. The van der Waals surface area contributed by atoms with Gasteiger partial charge in [-0.05, 0) is 43.9 Å². The molecule has 0 aliphatic carbocycles. The topological polar surface area (TPSA) is 75.1 Å². The zero-order valence-electron chi connectivity index (χ0n) is 16.8. The SMILES string of the molecule is CCNC(=NCC(O)c1cccc(OC)c1)NCCC(OCC)C(C)C. The first kappa shape index (κ1) is 22.3. The number of nitrogens with one attached hydrogen (secondary N) is 2. The van der Waals surface area contributed by atoms with E-state index in [1.54, 1.807) is 7.11 Å². The van der Waals surface area contributed by atoms with Crippen molar-refractivity contribution in [3.05, 3.63) is 29.8 Å². The highest BCUT2D eigenvalue weighted by Gasteiger charge is 2.13. The summed E-state index contributed by atoms with van der Waals surface area (Å²) in [5.74, 6) is 1.91. The number of hydrogen-bond acceptors (Lipinski definition) is 4. The first-order chi connectivity index (χ1) is 12.5. The van der Waals surface area contributed by atoms with Crippen LogP contribution in [0.25, 0.3) is 0 Å². The Kier molecular flexibility index (Phi) is 10.7. The first-order valence-corrected chi connectivity index (χ1v) is 9.47. The molecule has 0 heterocycles. The van der Waals surface area contributed by atoms with Crippen LogP contribution in [0, 0.1) is 5.92 Å². The molecule has 0 radical (unpaired) electrons. The van der Waals surface area contributed by atoms with Crippen LogP contribution < -0.4 is 15.4 Å². The highest BCUT2D eigenvalue weighted by atomic mass is 16.5. The Morgan fingerprint density at radius 1 is 1.23 bits per heavy atom. The summed E-state index contributed by atoms with van der Waals surface area (Å²) in [7, 11) is 1.61. The maximum atomic E-state index is 10.4. The van der Waals surface area contributed by atoms with Gasteiger partial charge in [0.05, 0.1) is 25.9 Å². The molecule has 1 aromatic rings. The molecule has 0 saturated heterocycles. The van der Waals surface area contributed by atoms with Crippen molar-refractivity contribution >= 4 is 5.96 Å². The van der Waals surface area contributed by atoms with Gasteiger partial charge in [-0.25, -0.2) is 0 Å². The van der Waals surface area contributed by atoms with Crippen LogP contribution in [0.1, 0.15) is 45.8 Å². The molecule has 1 rings (SSSR count). The molecule has 0 fully saturated rings. The fourth-order valence-corrected chi connectivity index (χ4v) is 2.63. The zero-order valence-corrected chi connectivity index (χ0v) is 16.8. The number of methoxy groups -OCH3 is 1. The minimum absolute atomic E-state index is 0.234. The van der Waals surface area contributed by atoms with Gasteiger partial charge in [0.1, 0.15) is 5.75 Å². The number of benzene rings is 1. The highest BCUT2D eigenvalue weighted by molar-refractivity contribution is 5.79. The van der Waals surface area contributed by atoms with Gasteiger partial charge in [-0.1, -0.05) is 26.0 Å². The van der Waals surface area contributed by atoms with Crippen molar-refractivity contribution in [1.82, 2.24) is 10.6 Å². The lowest BCUT2D eigenvalue weighted by molar-refractivity contribution is 0.0258. The predicted octanol–water partition coefficient (Wildman–Crippen LogP) is 2.73. The van der Waals surface area contributed by atoms with Gasteiger partial charge in [0.15, 0.2) is 5.96 Å². The molecule has 2 unspecified atom stereocenters. The number of aliphatic imine (C=N–C) groups is 1. The number of ether oxygens (including phenoxy) is 2. The third kappa shape index (κ3) is 8.06. The summed E-state index contributed by atoms with van der Waals surface area (Å²) in [6.45, 7) is 10.9. The van der Waals surface area contributed by atoms with E-state index in [9.17, 15) is 5.11 Å². The molecular formula is C20H35N3O3. The minimum Gasteiger partial charge on any atom is -0.497 e. The molecule has 0 saturated carbocycles. The van der Waals surface area contributed by atoms with Crippen LogP contribution >= 0.6 is 0 Å². The minimum atomic E-state index is -0.674. The van der Waals surface area contributed by atoms with Crippen molar-refractivity contribution in [2.45, 2.75) is 46.3 Å². The average molecular weight is 366 g/mol. The van der Waals surface area contributed by atoms with E-state index in [0.29, 0.717) is 11.9 Å². The normalized spacial score (nSPS) is 14.2. The van der Waals surface area contributed by atoms with Crippen LogP contribution in [0.15, 0.2) is 29.3 Å². The molecule has 1 aromatic carbocycles. The molecule has 0 amide bonds. The van der Waals surface area contributed by atoms with E-state index in [0.717, 1.165) is 37.4 Å². The zero-order chi connectivity index (χ0) is 19.4. The number of aliphatic hydroxyl groups is 1. The van der Waals surface area contributed by atoms with E-state index in [2.05, 4.69) is 29.5 Å². The van der Waals surface area contributed by atoms with Crippen LogP contribution in [0.2, 0.25) is 0 Å². The lowest BCUT2D eigenvalue weighted by Gasteiger charge is -2.21. The molecule has 2 atom stereocenters. The van der Waals surface area contributed by atoms with Crippen LogP contribution in [-0.4, -0.2) is 50.5 Å². The summed E-state index contributed by atoms with van der Waals surface area (Å²) in [5, 5.41) is 16.9. The predicted molar refractivity (Wildman–Crippen MR) is 107 cm³/mol. The summed E-state index contributed by atoms with van der Waals surface area (Å²) >= 11 is 0. The monoisotopic (exact) mass is 365 g/mol. The number of guanidine groups is 1. The van der Waals surface area contributed by atoms with Gasteiger partial charge in [-0.15, -0.1) is 0 Å². The van der Waals surface area contributed by atoms with Crippen molar-refractivity contribution in [2.75, 3.05) is 33.4 Å². The van der Waals surface area contributed by atoms with Gasteiger partial charge < -0.3 is 25.2 Å². The Balaban J connectivity index is 2.58. The number of rotatable bonds is 11. The molecular weight excluding hydrogens is 330 g/mol. The second kappa shape index (κ2) is 12.5. The van der Waals surface area contributed by atoms with Gasteiger partial charge in [-0.3, -0.25) is 4.99 Å². The van der Waals surface area contributed by atoms with Gasteiger partial charge in [-0.2, -0.15) is 0 Å². The van der Waals surface area contributed by atoms with Crippen molar-refractivity contribution in [2.24, 2.45) is 10.9 Å². The van der Waals surface area contributed by atoms with E-state index >= 15 is 0 Å². The van der Waals surface area contributed by atoms with Crippen LogP contribution in [0.3, 0.4) is 0 Å². The first-order valence-electron chi connectivity index (χ1n) is 9.47. The molecule has 148 valence electrons. The molecule has 0 aliphatic heterocycles. The molecule has 0 aromatic heterocycles. The summed E-state index contributed by atoms with van der Waals surface area (Å²) in [5.41, 5.74) is 0.792. The second-order valence-corrected chi connectivity index (χ2v) is 6.47. The summed E-state index contributed by atoms with van der Waals surface area (Å²) in [4.78, 5) is 4.50. The largest absolute Gasteiger partial charge is 0.497 e. The summed E-state index contributed by atoms with van der Waals surface area (Å²) < 4.78 is 11.0. The average Bonchev–Trinajstić information content (AvgIpc) is 2.64. The third-order valence-electron chi connectivity index (χ3n) is 4.09. The second-order valence-electron chi connectivity index (χ2n) is 6.47. The van der Waals surface area contributed by atoms with E-state index in [4.69, 9.17) is 9.47 Å². The summed E-state index contributed by atoms with van der Waals surface area (Å²) in [6, 6.07) is 7.42. The van der Waals surface area contributed by atoms with E-state index in [1.807, 2.05) is 38.1 Å². The Hall–Kier alpha value is -1.79. The van der Waals surface area contributed by atoms with Crippen molar-refractivity contribution in [3.63, 3.8) is 0 Å². The van der Waals surface area contributed by atoms with Gasteiger partial charge >= 0.3 is 0 Å². The van der Waals surface area contributed by atoms with E-state index in [-0.39, 0.29) is 12.6 Å². The van der Waals surface area contributed by atoms with E-state index in [1.165, 1.54) is 0 Å². The smallest absolute Gasteiger partial charge is 0.191 e. The number of hydrogen-bond donors (Lipinski definition) is 3. The Labute approximate surface area is 158 Å². The van der Waals surface area contributed by atoms with Crippen molar-refractivity contribution in [3.8, 4) is 5.75 Å². The van der Waals surface area contributed by atoms with E-state index < -0.39 is 6.10 Å². The van der Waals surface area contributed by atoms with Gasteiger partial charge in [0.2, 0.25) is 0 Å². The molecule has 0 aliphatic rings. The molecule has 3 N–H and O–H groups in total. The standard InChI is InChI=1S/C20H35N3O3/c1-6-21-20(22-12-11-19(15(3)4)26-7-2)23-14-18(24)16-9-8-10-17(13-16)25-5/h8-10,13,15,18-19,24H,6-7,11-12,14H2,1-5H3,(H2,21,22,23). The van der Waals surface area contributed by atoms with Crippen LogP contribution in [0.4, 0.5) is 0 Å². The molecule has 6 heteroatoms. The third-order valence-corrected chi connectivity index (χ3v) is 4.09. The molecule has 0 bridgehead atoms. The Morgan fingerprint density at radius 2 is 2.00 bits per heavy atom. The molecule has 0 spiro atoms. The summed E-state index contributed by atoms with van der Waals surface area (Å²) in [6.07, 6.45) is 0.471. The Morgan fingerprint density at radius 3 is 2.62 bits per heavy atom. The molecule has 6 nitrogen and oxygen atoms in total. The fourth-order valence-electron chi connectivity index (χ4n) is 2.63. The van der Waals surface area contributed by atoms with Gasteiger partial charge in [0.25, 0.3) is 0 Å². The Bertz CT molecular complexity index is 535. The quantitative estimate of drug-likeness (QED) is 0.415. The van der Waals surface area contributed by atoms with Crippen LogP contribution in [-0.2, 0) is 4.74 Å². The molecule has 26 heavy (non-hydrogen) atoms. The number of aliphatic hydroxyl groups excluding tert-OH is 1. The highest BCUT2D eigenvalue weighted by Crippen LogP contribution is 2.19.